The van der Waals surface area contributed by atoms with E-state index in [0.29, 0.717) is 48.7 Å². The van der Waals surface area contributed by atoms with E-state index < -0.39 is 29.7 Å². The Balaban J connectivity index is 1.34. The summed E-state index contributed by atoms with van der Waals surface area (Å²) >= 11 is 0. The molecule has 10 heteroatoms. The van der Waals surface area contributed by atoms with Gasteiger partial charge in [-0.05, 0) is 68.5 Å². The van der Waals surface area contributed by atoms with Crippen LogP contribution in [-0.4, -0.2) is 53.1 Å². The molecule has 1 aliphatic carbocycles. The Bertz CT molecular complexity index is 1240. The molecule has 194 valence electrons. The zero-order valence-corrected chi connectivity index (χ0v) is 20.6. The van der Waals surface area contributed by atoms with Gasteiger partial charge < -0.3 is 20.1 Å². The first-order chi connectivity index (χ1) is 17.7. The quantitative estimate of drug-likeness (QED) is 0.466. The molecule has 1 spiro atoms. The van der Waals surface area contributed by atoms with Crippen molar-refractivity contribution >= 4 is 35.4 Å². The monoisotopic (exact) mass is 506 g/mol. The topological polar surface area (TPSA) is 137 Å². The molecule has 0 aromatic heterocycles. The van der Waals surface area contributed by atoms with E-state index >= 15 is 0 Å². The number of nitrogens with one attached hydrogen (secondary N) is 3. The molecule has 3 aliphatic rings. The summed E-state index contributed by atoms with van der Waals surface area (Å²) in [5.74, 6) is -0.204. The number of carbonyl (C=O) groups is 4. The SMILES string of the molecule is Cc1ccc2c(c1)[C@@]1(CCCN(C(=O)[C@H](CC3CC3)NC(=O)c3ccc(NC(=O)O)cc3)C1)OC(=O)N2. The fourth-order valence-corrected chi connectivity index (χ4v) is 5.22. The lowest BCUT2D eigenvalue weighted by Gasteiger charge is -2.45. The van der Waals surface area contributed by atoms with E-state index in [1.807, 2.05) is 25.1 Å². The van der Waals surface area contributed by atoms with E-state index in [-0.39, 0.29) is 12.5 Å². The van der Waals surface area contributed by atoms with Crippen molar-refractivity contribution in [3.8, 4) is 0 Å². The van der Waals surface area contributed by atoms with E-state index in [9.17, 15) is 19.2 Å². The van der Waals surface area contributed by atoms with Crippen LogP contribution in [0, 0.1) is 12.8 Å². The number of benzene rings is 2. The fourth-order valence-electron chi connectivity index (χ4n) is 5.22. The summed E-state index contributed by atoms with van der Waals surface area (Å²) in [4.78, 5) is 51.7. The van der Waals surface area contributed by atoms with Crippen molar-refractivity contribution in [1.82, 2.24) is 10.2 Å². The second-order valence-electron chi connectivity index (χ2n) is 10.1. The molecule has 1 saturated heterocycles. The first-order valence-corrected chi connectivity index (χ1v) is 12.5. The van der Waals surface area contributed by atoms with Crippen molar-refractivity contribution in [2.75, 3.05) is 23.7 Å². The molecule has 2 aromatic carbocycles. The summed E-state index contributed by atoms with van der Waals surface area (Å²) in [6.45, 7) is 2.71. The first kappa shape index (κ1) is 24.6. The summed E-state index contributed by atoms with van der Waals surface area (Å²) in [6, 6.07) is 11.1. The van der Waals surface area contributed by atoms with Crippen molar-refractivity contribution in [3.05, 3.63) is 59.2 Å². The van der Waals surface area contributed by atoms with Crippen molar-refractivity contribution in [3.63, 3.8) is 0 Å². The molecule has 2 aliphatic heterocycles. The average molecular weight is 507 g/mol. The van der Waals surface area contributed by atoms with E-state index in [1.54, 1.807) is 4.90 Å². The molecule has 4 N–H and O–H groups in total. The van der Waals surface area contributed by atoms with Crippen LogP contribution in [0.25, 0.3) is 0 Å². The molecule has 10 nitrogen and oxygen atoms in total. The van der Waals surface area contributed by atoms with Crippen LogP contribution < -0.4 is 16.0 Å². The van der Waals surface area contributed by atoms with Gasteiger partial charge in [-0.1, -0.05) is 24.5 Å². The third kappa shape index (κ3) is 5.37. The normalized spacial score (nSPS) is 21.3. The van der Waals surface area contributed by atoms with Crippen LogP contribution in [0.4, 0.5) is 21.0 Å². The van der Waals surface area contributed by atoms with Crippen LogP contribution in [0.2, 0.25) is 0 Å². The van der Waals surface area contributed by atoms with Crippen LogP contribution in [0.3, 0.4) is 0 Å². The Hall–Kier alpha value is -4.08. The van der Waals surface area contributed by atoms with Gasteiger partial charge in [0.2, 0.25) is 5.91 Å². The van der Waals surface area contributed by atoms with Crippen molar-refractivity contribution in [2.24, 2.45) is 5.92 Å². The standard InChI is InChI=1S/C27H30N4O6/c1-16-3-10-21-20(13-16)27(37-26(36)30-21)11-2-12-31(15-27)24(33)22(14-17-4-5-17)29-23(32)18-6-8-19(9-7-18)28-25(34)35/h3,6-10,13,17,22,28H,2,4-5,11-12,14-15H2,1H3,(H,29,32)(H,30,36)(H,34,35)/t22-,27-/m0/s1. The van der Waals surface area contributed by atoms with Crippen molar-refractivity contribution in [2.45, 2.75) is 50.7 Å². The van der Waals surface area contributed by atoms with Crippen molar-refractivity contribution in [1.29, 1.82) is 0 Å². The predicted octanol–water partition coefficient (Wildman–Crippen LogP) is 4.06. The summed E-state index contributed by atoms with van der Waals surface area (Å²) in [5, 5.41) is 16.7. The van der Waals surface area contributed by atoms with Crippen LogP contribution in [0.15, 0.2) is 42.5 Å². The number of likely N-dealkylation sites (tertiary alicyclic amines) is 1. The maximum Gasteiger partial charge on any atom is 0.412 e. The molecule has 0 unspecified atom stereocenters. The predicted molar refractivity (Wildman–Crippen MR) is 135 cm³/mol. The largest absolute Gasteiger partial charge is 0.465 e. The minimum atomic E-state index is -1.19. The summed E-state index contributed by atoms with van der Waals surface area (Å²) in [6.07, 6.45) is 2.14. The number of ether oxygens (including phenoxy) is 1. The number of aryl methyl sites for hydroxylation is 1. The molecule has 5 rings (SSSR count). The lowest BCUT2D eigenvalue weighted by Crippen LogP contribution is -2.57. The Kier molecular flexibility index (Phi) is 6.49. The Morgan fingerprint density at radius 1 is 1.19 bits per heavy atom. The van der Waals surface area contributed by atoms with Gasteiger partial charge in [0.05, 0.1) is 12.2 Å². The molecule has 2 atom stereocenters. The molecular formula is C27H30N4O6. The Labute approximate surface area is 214 Å². The van der Waals surface area contributed by atoms with Gasteiger partial charge in [0.25, 0.3) is 5.91 Å². The van der Waals surface area contributed by atoms with Crippen LogP contribution in [-0.2, 0) is 15.1 Å². The summed E-state index contributed by atoms with van der Waals surface area (Å²) < 4.78 is 5.86. The van der Waals surface area contributed by atoms with E-state index in [0.717, 1.165) is 24.0 Å². The highest BCUT2D eigenvalue weighted by molar-refractivity contribution is 5.98. The molecule has 4 amide bonds. The van der Waals surface area contributed by atoms with Gasteiger partial charge in [-0.2, -0.15) is 0 Å². The summed E-state index contributed by atoms with van der Waals surface area (Å²) in [5.41, 5.74) is 2.34. The second-order valence-corrected chi connectivity index (χ2v) is 10.1. The first-order valence-electron chi connectivity index (χ1n) is 12.5. The zero-order chi connectivity index (χ0) is 26.2. The number of fused-ring (bicyclic) bond motifs is 2. The molecule has 2 aromatic rings. The van der Waals surface area contributed by atoms with Crippen LogP contribution in [0.5, 0.6) is 0 Å². The van der Waals surface area contributed by atoms with Crippen LogP contribution >= 0.6 is 0 Å². The third-order valence-corrected chi connectivity index (χ3v) is 7.23. The molecule has 0 radical (unpaired) electrons. The molecular weight excluding hydrogens is 476 g/mol. The number of nitrogens with zero attached hydrogens (tertiary/aromatic N) is 1. The maximum absolute atomic E-state index is 13.8. The van der Waals surface area contributed by atoms with Crippen LogP contribution in [0.1, 0.15) is 53.6 Å². The molecule has 0 bridgehead atoms. The lowest BCUT2D eigenvalue weighted by molar-refractivity contribution is -0.141. The third-order valence-electron chi connectivity index (χ3n) is 7.23. The highest BCUT2D eigenvalue weighted by Gasteiger charge is 2.47. The average Bonchev–Trinajstić information content (AvgIpc) is 3.68. The van der Waals surface area contributed by atoms with E-state index in [4.69, 9.17) is 9.84 Å². The highest BCUT2D eigenvalue weighted by atomic mass is 16.6. The Morgan fingerprint density at radius 2 is 1.95 bits per heavy atom. The number of anilines is 2. The minimum absolute atomic E-state index is 0.188. The number of rotatable bonds is 6. The maximum atomic E-state index is 13.8. The fraction of sp³-hybridized carbons (Fsp3) is 0.407. The highest BCUT2D eigenvalue weighted by Crippen LogP contribution is 2.43. The van der Waals surface area contributed by atoms with Gasteiger partial charge in [0.15, 0.2) is 5.60 Å². The number of hydrogen-bond donors (Lipinski definition) is 4. The number of carbonyl (C=O) groups excluding carboxylic acids is 3. The molecule has 2 heterocycles. The summed E-state index contributed by atoms with van der Waals surface area (Å²) in [7, 11) is 0. The van der Waals surface area contributed by atoms with Gasteiger partial charge in [-0.3, -0.25) is 20.2 Å². The molecule has 1 saturated carbocycles. The van der Waals surface area contributed by atoms with Gasteiger partial charge in [0, 0.05) is 23.4 Å². The van der Waals surface area contributed by atoms with Gasteiger partial charge >= 0.3 is 12.2 Å². The number of amides is 4. The zero-order valence-electron chi connectivity index (χ0n) is 20.6. The second kappa shape index (κ2) is 9.76. The lowest BCUT2D eigenvalue weighted by atomic mass is 9.82. The smallest absolute Gasteiger partial charge is 0.412 e. The molecule has 37 heavy (non-hydrogen) atoms. The number of hydrogen-bond acceptors (Lipinski definition) is 5. The van der Waals surface area contributed by atoms with E-state index in [2.05, 4.69) is 16.0 Å². The molecule has 2 fully saturated rings. The van der Waals surface area contributed by atoms with Crippen molar-refractivity contribution < 1.29 is 29.0 Å². The number of carboxylic acid groups (broad SMARTS) is 1. The van der Waals surface area contributed by atoms with Gasteiger partial charge in [-0.15, -0.1) is 0 Å². The van der Waals surface area contributed by atoms with Gasteiger partial charge in [0.1, 0.15) is 6.04 Å². The van der Waals surface area contributed by atoms with E-state index in [1.165, 1.54) is 24.3 Å². The Morgan fingerprint density at radius 3 is 2.65 bits per heavy atom. The minimum Gasteiger partial charge on any atom is -0.465 e. The van der Waals surface area contributed by atoms with Gasteiger partial charge in [-0.25, -0.2) is 9.59 Å². The number of piperidine rings is 1.